The molecule has 0 amide bonds. The van der Waals surface area contributed by atoms with Crippen LogP contribution in [0, 0.1) is 0 Å². The number of aliphatic hydroxyl groups is 2. The number of hydrogen-bond donors (Lipinski definition) is 2. The SMILES string of the molecule is OCc1cc(CO)on1. The molecule has 4 heteroatoms. The van der Waals surface area contributed by atoms with E-state index in [0.717, 1.165) is 0 Å². The van der Waals surface area contributed by atoms with Gasteiger partial charge < -0.3 is 14.7 Å². The lowest BCUT2D eigenvalue weighted by Gasteiger charge is -1.77. The Morgan fingerprint density at radius 2 is 2.22 bits per heavy atom. The minimum atomic E-state index is -0.174. The molecule has 0 saturated heterocycles. The Morgan fingerprint density at radius 3 is 2.56 bits per heavy atom. The molecule has 4 nitrogen and oxygen atoms in total. The summed E-state index contributed by atoms with van der Waals surface area (Å²) in [7, 11) is 0. The van der Waals surface area contributed by atoms with E-state index in [1.807, 2.05) is 0 Å². The summed E-state index contributed by atoms with van der Waals surface area (Å²) in [4.78, 5) is 0. The number of hydrogen-bond acceptors (Lipinski definition) is 4. The highest BCUT2D eigenvalue weighted by atomic mass is 16.5. The summed E-state index contributed by atoms with van der Waals surface area (Å²) in [5.41, 5.74) is 0.444. The molecule has 1 aromatic heterocycles. The smallest absolute Gasteiger partial charge is 0.162 e. The Balaban J connectivity index is 2.74. The summed E-state index contributed by atoms with van der Waals surface area (Å²) >= 11 is 0. The molecular weight excluding hydrogens is 122 g/mol. The van der Waals surface area contributed by atoms with Crippen molar-refractivity contribution < 1.29 is 14.7 Å². The molecule has 0 saturated carbocycles. The van der Waals surface area contributed by atoms with Gasteiger partial charge in [-0.05, 0) is 0 Å². The Bertz CT molecular complexity index is 166. The van der Waals surface area contributed by atoms with Crippen molar-refractivity contribution in [2.45, 2.75) is 13.2 Å². The first-order valence-corrected chi connectivity index (χ1v) is 2.53. The van der Waals surface area contributed by atoms with E-state index < -0.39 is 0 Å². The summed E-state index contributed by atoms with van der Waals surface area (Å²) in [6, 6.07) is 1.50. The second kappa shape index (κ2) is 2.61. The summed E-state index contributed by atoms with van der Waals surface area (Å²) in [5, 5.41) is 20.3. The van der Waals surface area contributed by atoms with Crippen LogP contribution >= 0.6 is 0 Å². The third-order valence-electron chi connectivity index (χ3n) is 0.926. The van der Waals surface area contributed by atoms with E-state index in [2.05, 4.69) is 9.68 Å². The Hall–Kier alpha value is -0.870. The highest BCUT2D eigenvalue weighted by Crippen LogP contribution is 2.01. The first kappa shape index (κ1) is 6.25. The summed E-state index contributed by atoms with van der Waals surface area (Å²) in [6.45, 7) is -0.323. The van der Waals surface area contributed by atoms with Gasteiger partial charge in [0.25, 0.3) is 0 Å². The molecule has 0 spiro atoms. The molecule has 1 aromatic rings. The Morgan fingerprint density at radius 1 is 1.44 bits per heavy atom. The van der Waals surface area contributed by atoms with Crippen LogP contribution in [0.3, 0.4) is 0 Å². The fourth-order valence-electron chi connectivity index (χ4n) is 0.505. The zero-order valence-corrected chi connectivity index (χ0v) is 4.74. The zero-order chi connectivity index (χ0) is 6.69. The van der Waals surface area contributed by atoms with Gasteiger partial charge in [0.2, 0.25) is 0 Å². The van der Waals surface area contributed by atoms with Crippen molar-refractivity contribution >= 4 is 0 Å². The van der Waals surface area contributed by atoms with Crippen LogP contribution in [0.15, 0.2) is 10.6 Å². The van der Waals surface area contributed by atoms with Crippen LogP contribution in [-0.2, 0) is 13.2 Å². The number of nitrogens with zero attached hydrogens (tertiary/aromatic N) is 1. The minimum absolute atomic E-state index is 0.149. The van der Waals surface area contributed by atoms with Crippen LogP contribution < -0.4 is 0 Å². The average Bonchev–Trinajstić information content (AvgIpc) is 2.34. The summed E-state index contributed by atoms with van der Waals surface area (Å²) < 4.78 is 4.54. The molecule has 1 rings (SSSR count). The number of aliphatic hydroxyl groups excluding tert-OH is 2. The molecular formula is C5H7NO3. The third-order valence-corrected chi connectivity index (χ3v) is 0.926. The van der Waals surface area contributed by atoms with Crippen molar-refractivity contribution in [2.24, 2.45) is 0 Å². The van der Waals surface area contributed by atoms with Gasteiger partial charge in [0.05, 0.1) is 6.61 Å². The lowest BCUT2D eigenvalue weighted by Crippen LogP contribution is -1.78. The van der Waals surface area contributed by atoms with E-state index in [4.69, 9.17) is 10.2 Å². The van der Waals surface area contributed by atoms with E-state index in [0.29, 0.717) is 11.5 Å². The first-order chi connectivity index (χ1) is 4.36. The van der Waals surface area contributed by atoms with E-state index in [1.165, 1.54) is 6.07 Å². The molecule has 0 radical (unpaired) electrons. The lowest BCUT2D eigenvalue weighted by atomic mass is 10.4. The van der Waals surface area contributed by atoms with Gasteiger partial charge in [0.1, 0.15) is 12.3 Å². The molecule has 0 unspecified atom stereocenters. The van der Waals surface area contributed by atoms with Crippen LogP contribution in [-0.4, -0.2) is 15.4 Å². The quantitative estimate of drug-likeness (QED) is 0.573. The van der Waals surface area contributed by atoms with E-state index in [-0.39, 0.29) is 13.2 Å². The van der Waals surface area contributed by atoms with E-state index in [9.17, 15) is 0 Å². The van der Waals surface area contributed by atoms with Crippen molar-refractivity contribution in [1.29, 1.82) is 0 Å². The normalized spacial score (nSPS) is 10.0. The van der Waals surface area contributed by atoms with Crippen LogP contribution in [0.4, 0.5) is 0 Å². The first-order valence-electron chi connectivity index (χ1n) is 2.53. The van der Waals surface area contributed by atoms with Gasteiger partial charge >= 0.3 is 0 Å². The zero-order valence-electron chi connectivity index (χ0n) is 4.74. The molecule has 50 valence electrons. The molecule has 0 aromatic carbocycles. The van der Waals surface area contributed by atoms with Crippen LogP contribution in [0.1, 0.15) is 11.5 Å². The van der Waals surface area contributed by atoms with Gasteiger partial charge in [-0.1, -0.05) is 5.16 Å². The van der Waals surface area contributed by atoms with Gasteiger partial charge in [0, 0.05) is 6.07 Å². The van der Waals surface area contributed by atoms with Crippen molar-refractivity contribution in [2.75, 3.05) is 0 Å². The average molecular weight is 129 g/mol. The topological polar surface area (TPSA) is 66.5 Å². The summed E-state index contributed by atoms with van der Waals surface area (Å²) in [5.74, 6) is 0.374. The highest BCUT2D eigenvalue weighted by molar-refractivity contribution is 5.02. The van der Waals surface area contributed by atoms with Gasteiger partial charge in [-0.15, -0.1) is 0 Å². The highest BCUT2D eigenvalue weighted by Gasteiger charge is 1.98. The number of rotatable bonds is 2. The Kier molecular flexibility index (Phi) is 1.81. The van der Waals surface area contributed by atoms with Gasteiger partial charge in [-0.3, -0.25) is 0 Å². The fourth-order valence-corrected chi connectivity index (χ4v) is 0.505. The van der Waals surface area contributed by atoms with Gasteiger partial charge in [-0.25, -0.2) is 0 Å². The largest absolute Gasteiger partial charge is 0.390 e. The molecule has 2 N–H and O–H groups in total. The van der Waals surface area contributed by atoms with Crippen molar-refractivity contribution in [3.63, 3.8) is 0 Å². The fraction of sp³-hybridized carbons (Fsp3) is 0.400. The standard InChI is InChI=1S/C5H7NO3/c7-2-4-1-5(3-8)9-6-4/h1,7-8H,2-3H2. The van der Waals surface area contributed by atoms with Crippen LogP contribution in [0.5, 0.6) is 0 Å². The van der Waals surface area contributed by atoms with E-state index in [1.54, 1.807) is 0 Å². The maximum atomic E-state index is 8.44. The monoisotopic (exact) mass is 129 g/mol. The Labute approximate surface area is 51.7 Å². The third kappa shape index (κ3) is 1.28. The number of aromatic nitrogens is 1. The van der Waals surface area contributed by atoms with Gasteiger partial charge in [-0.2, -0.15) is 0 Å². The van der Waals surface area contributed by atoms with Gasteiger partial charge in [0.15, 0.2) is 5.76 Å². The molecule has 0 atom stereocenters. The maximum absolute atomic E-state index is 8.44. The van der Waals surface area contributed by atoms with Crippen molar-refractivity contribution in [3.05, 3.63) is 17.5 Å². The molecule has 0 fully saturated rings. The maximum Gasteiger partial charge on any atom is 0.162 e. The summed E-state index contributed by atoms with van der Waals surface area (Å²) in [6.07, 6.45) is 0. The lowest BCUT2D eigenvalue weighted by molar-refractivity contribution is 0.224. The molecule has 0 bridgehead atoms. The second-order valence-electron chi connectivity index (χ2n) is 1.60. The van der Waals surface area contributed by atoms with Crippen molar-refractivity contribution in [1.82, 2.24) is 5.16 Å². The predicted molar refractivity (Wildman–Crippen MR) is 28.3 cm³/mol. The van der Waals surface area contributed by atoms with Crippen LogP contribution in [0.2, 0.25) is 0 Å². The van der Waals surface area contributed by atoms with Crippen LogP contribution in [0.25, 0.3) is 0 Å². The molecule has 0 aliphatic rings. The van der Waals surface area contributed by atoms with E-state index >= 15 is 0 Å². The molecule has 9 heavy (non-hydrogen) atoms. The predicted octanol–water partition coefficient (Wildman–Crippen LogP) is -0.341. The molecule has 0 aliphatic carbocycles. The second-order valence-corrected chi connectivity index (χ2v) is 1.60. The molecule has 1 heterocycles. The van der Waals surface area contributed by atoms with Crippen molar-refractivity contribution in [3.8, 4) is 0 Å². The molecule has 0 aliphatic heterocycles. The minimum Gasteiger partial charge on any atom is -0.390 e.